The predicted molar refractivity (Wildman–Crippen MR) is 64.8 cm³/mol. The monoisotopic (exact) mass is 269 g/mol. The van der Waals surface area contributed by atoms with E-state index in [0.717, 1.165) is 30.3 Å². The first-order valence-corrected chi connectivity index (χ1v) is 5.64. The number of rotatable bonds is 3. The fourth-order valence-corrected chi connectivity index (χ4v) is 1.76. The van der Waals surface area contributed by atoms with Gasteiger partial charge in [-0.1, -0.05) is 0 Å². The van der Waals surface area contributed by atoms with E-state index in [-0.39, 0.29) is 11.3 Å². The quantitative estimate of drug-likeness (QED) is 0.813. The fourth-order valence-electron chi connectivity index (χ4n) is 1.76. The van der Waals surface area contributed by atoms with Crippen LogP contribution in [-0.2, 0) is 0 Å². The molecular weight excluding hydrogens is 258 g/mol. The average Bonchev–Trinajstić information content (AvgIpc) is 2.35. The number of anilines is 1. The minimum Gasteiger partial charge on any atom is -0.376 e. The Balaban J connectivity index is 2.25. The van der Waals surface area contributed by atoms with Crippen LogP contribution in [0.25, 0.3) is 0 Å². The van der Waals surface area contributed by atoms with Crippen LogP contribution in [0.2, 0.25) is 0 Å². The molecule has 0 bridgehead atoms. The van der Waals surface area contributed by atoms with E-state index in [1.165, 1.54) is 6.07 Å². The Kier molecular flexibility index (Phi) is 3.74. The van der Waals surface area contributed by atoms with Gasteiger partial charge in [-0.2, -0.15) is 0 Å². The average molecular weight is 269 g/mol. The van der Waals surface area contributed by atoms with Crippen molar-refractivity contribution in [1.29, 1.82) is 0 Å². The van der Waals surface area contributed by atoms with E-state index in [4.69, 9.17) is 0 Å². The maximum atomic E-state index is 13.5. The third-order valence-corrected chi connectivity index (χ3v) is 2.73. The van der Waals surface area contributed by atoms with Gasteiger partial charge in [-0.3, -0.25) is 0 Å². The van der Waals surface area contributed by atoms with E-state index in [2.05, 4.69) is 5.32 Å². The number of benzene rings is 2. The Morgan fingerprint density at radius 1 is 0.842 bits per heavy atom. The molecule has 0 radical (unpaired) electrons. The standard InChI is InChI=1S/C14H11F4N/c1-8(11-6-9(15)2-4-12(11)17)19-14-5-3-10(16)7-13(14)18/h2-8,19H,1H3. The van der Waals surface area contributed by atoms with Gasteiger partial charge in [0, 0.05) is 11.6 Å². The fraction of sp³-hybridized carbons (Fsp3) is 0.143. The molecule has 0 saturated carbocycles. The smallest absolute Gasteiger partial charge is 0.149 e. The summed E-state index contributed by atoms with van der Waals surface area (Å²) in [6.07, 6.45) is 0. The molecule has 0 spiro atoms. The van der Waals surface area contributed by atoms with Crippen LogP contribution >= 0.6 is 0 Å². The van der Waals surface area contributed by atoms with E-state index >= 15 is 0 Å². The van der Waals surface area contributed by atoms with Crippen molar-refractivity contribution >= 4 is 5.69 Å². The number of nitrogens with one attached hydrogen (secondary N) is 1. The molecule has 0 saturated heterocycles. The maximum Gasteiger partial charge on any atom is 0.149 e. The molecule has 1 N–H and O–H groups in total. The highest BCUT2D eigenvalue weighted by Gasteiger charge is 2.14. The molecule has 0 aromatic heterocycles. The first-order valence-electron chi connectivity index (χ1n) is 5.64. The molecule has 1 nitrogen and oxygen atoms in total. The molecule has 0 amide bonds. The van der Waals surface area contributed by atoms with Crippen molar-refractivity contribution in [3.8, 4) is 0 Å². The Bertz CT molecular complexity index is 598. The molecule has 0 aliphatic rings. The normalized spacial score (nSPS) is 12.3. The van der Waals surface area contributed by atoms with E-state index in [1.54, 1.807) is 6.92 Å². The van der Waals surface area contributed by atoms with Gasteiger partial charge < -0.3 is 5.32 Å². The van der Waals surface area contributed by atoms with Crippen molar-refractivity contribution < 1.29 is 17.6 Å². The van der Waals surface area contributed by atoms with E-state index < -0.39 is 29.3 Å². The summed E-state index contributed by atoms with van der Waals surface area (Å²) in [6, 6.07) is 5.40. The highest BCUT2D eigenvalue weighted by Crippen LogP contribution is 2.24. The summed E-state index contributed by atoms with van der Waals surface area (Å²) >= 11 is 0. The third-order valence-electron chi connectivity index (χ3n) is 2.73. The van der Waals surface area contributed by atoms with Gasteiger partial charge in [0.2, 0.25) is 0 Å². The molecular formula is C14H11F4N. The lowest BCUT2D eigenvalue weighted by molar-refractivity contribution is 0.571. The third kappa shape index (κ3) is 3.05. The lowest BCUT2D eigenvalue weighted by Gasteiger charge is -2.17. The van der Waals surface area contributed by atoms with Crippen LogP contribution in [0.1, 0.15) is 18.5 Å². The summed E-state index contributed by atoms with van der Waals surface area (Å²) in [7, 11) is 0. The van der Waals surface area contributed by atoms with Crippen molar-refractivity contribution in [2.24, 2.45) is 0 Å². The second kappa shape index (κ2) is 5.30. The van der Waals surface area contributed by atoms with Crippen molar-refractivity contribution in [1.82, 2.24) is 0 Å². The maximum absolute atomic E-state index is 13.5. The zero-order valence-corrected chi connectivity index (χ0v) is 10.1. The Hall–Kier alpha value is -2.04. The van der Waals surface area contributed by atoms with Gasteiger partial charge in [0.15, 0.2) is 0 Å². The van der Waals surface area contributed by atoms with Gasteiger partial charge in [0.1, 0.15) is 23.3 Å². The molecule has 0 aliphatic heterocycles. The molecule has 1 atom stereocenters. The molecule has 100 valence electrons. The minimum atomic E-state index is -0.788. The van der Waals surface area contributed by atoms with Gasteiger partial charge in [0.05, 0.1) is 11.7 Å². The molecule has 2 aromatic carbocycles. The number of hydrogen-bond acceptors (Lipinski definition) is 1. The van der Waals surface area contributed by atoms with E-state index in [0.29, 0.717) is 0 Å². The van der Waals surface area contributed by atoms with Crippen LogP contribution in [0.5, 0.6) is 0 Å². The van der Waals surface area contributed by atoms with Gasteiger partial charge in [-0.05, 0) is 37.3 Å². The summed E-state index contributed by atoms with van der Waals surface area (Å²) in [5, 5.41) is 2.67. The second-order valence-electron chi connectivity index (χ2n) is 4.16. The van der Waals surface area contributed by atoms with Crippen LogP contribution < -0.4 is 5.32 Å². The van der Waals surface area contributed by atoms with Crippen molar-refractivity contribution in [2.45, 2.75) is 13.0 Å². The number of halogens is 4. The Morgan fingerprint density at radius 2 is 1.47 bits per heavy atom. The molecule has 5 heteroatoms. The summed E-state index contributed by atoms with van der Waals surface area (Å²) in [5.41, 5.74) is 0.0984. The zero-order chi connectivity index (χ0) is 14.0. The molecule has 2 rings (SSSR count). The lowest BCUT2D eigenvalue weighted by Crippen LogP contribution is -2.10. The predicted octanol–water partition coefficient (Wildman–Crippen LogP) is 4.42. The van der Waals surface area contributed by atoms with Crippen LogP contribution in [-0.4, -0.2) is 0 Å². The largest absolute Gasteiger partial charge is 0.376 e. The van der Waals surface area contributed by atoms with Crippen LogP contribution in [0.4, 0.5) is 23.2 Å². The zero-order valence-electron chi connectivity index (χ0n) is 10.1. The van der Waals surface area contributed by atoms with Crippen LogP contribution in [0.15, 0.2) is 36.4 Å². The summed E-state index contributed by atoms with van der Waals surface area (Å²) in [4.78, 5) is 0. The van der Waals surface area contributed by atoms with Crippen molar-refractivity contribution in [3.63, 3.8) is 0 Å². The van der Waals surface area contributed by atoms with Gasteiger partial charge >= 0.3 is 0 Å². The topological polar surface area (TPSA) is 12.0 Å². The van der Waals surface area contributed by atoms with Gasteiger partial charge in [-0.15, -0.1) is 0 Å². The van der Waals surface area contributed by atoms with Crippen molar-refractivity contribution in [3.05, 3.63) is 65.2 Å². The molecule has 0 fully saturated rings. The molecule has 0 heterocycles. The SMILES string of the molecule is CC(Nc1ccc(F)cc1F)c1cc(F)ccc1F. The number of hydrogen-bond donors (Lipinski definition) is 1. The summed E-state index contributed by atoms with van der Waals surface area (Å²) in [6.45, 7) is 1.56. The molecule has 19 heavy (non-hydrogen) atoms. The van der Waals surface area contributed by atoms with Crippen LogP contribution in [0, 0.1) is 23.3 Å². The van der Waals surface area contributed by atoms with Crippen molar-refractivity contribution in [2.75, 3.05) is 5.32 Å². The highest BCUT2D eigenvalue weighted by molar-refractivity contribution is 5.47. The molecule has 2 aromatic rings. The first kappa shape index (κ1) is 13.4. The summed E-state index contributed by atoms with van der Waals surface area (Å²) < 4.78 is 52.8. The minimum absolute atomic E-state index is 0.0255. The highest BCUT2D eigenvalue weighted by atomic mass is 19.1. The first-order chi connectivity index (χ1) is 8.97. The Morgan fingerprint density at radius 3 is 2.16 bits per heavy atom. The Labute approximate surface area is 107 Å². The van der Waals surface area contributed by atoms with E-state index in [1.807, 2.05) is 0 Å². The van der Waals surface area contributed by atoms with Gasteiger partial charge in [0.25, 0.3) is 0 Å². The summed E-state index contributed by atoms with van der Waals surface area (Å²) in [5.74, 6) is -2.66. The second-order valence-corrected chi connectivity index (χ2v) is 4.16. The lowest BCUT2D eigenvalue weighted by atomic mass is 10.1. The molecule has 1 unspecified atom stereocenters. The van der Waals surface area contributed by atoms with E-state index in [9.17, 15) is 17.6 Å². The molecule has 0 aliphatic carbocycles. The van der Waals surface area contributed by atoms with Gasteiger partial charge in [-0.25, -0.2) is 17.6 Å². The van der Waals surface area contributed by atoms with Crippen LogP contribution in [0.3, 0.4) is 0 Å².